The molecule has 1 unspecified atom stereocenters. The molecule has 150 valence electrons. The fraction of sp³-hybridized carbons (Fsp3) is 0.235. The Morgan fingerprint density at radius 1 is 1.34 bits per heavy atom. The zero-order valence-electron chi connectivity index (χ0n) is 15.3. The molecule has 0 radical (unpaired) electrons. The maximum atomic E-state index is 12.8. The number of aryl methyl sites for hydroxylation is 1. The first kappa shape index (κ1) is 19.5. The largest absolute Gasteiger partial charge is 0.381 e. The van der Waals surface area contributed by atoms with Gasteiger partial charge in [-0.1, -0.05) is 17.8 Å². The second-order valence-electron chi connectivity index (χ2n) is 6.41. The second kappa shape index (κ2) is 7.54. The SMILES string of the molecule is Cc1ccc(S(=O)(=O)NC2CCSC2=O)cc1-c1cnc(N)c(-n2cncn2)n1. The zero-order valence-corrected chi connectivity index (χ0v) is 16.9. The van der Waals surface area contributed by atoms with Gasteiger partial charge in [-0.2, -0.15) is 14.5 Å². The fourth-order valence-corrected chi connectivity index (χ4v) is 5.17. The normalized spacial score (nSPS) is 17.0. The van der Waals surface area contributed by atoms with Crippen molar-refractivity contribution in [2.45, 2.75) is 24.3 Å². The van der Waals surface area contributed by atoms with Crippen LogP contribution in [0.1, 0.15) is 12.0 Å². The molecule has 0 amide bonds. The highest BCUT2D eigenvalue weighted by molar-refractivity contribution is 8.14. The van der Waals surface area contributed by atoms with Gasteiger partial charge in [0.2, 0.25) is 15.1 Å². The Kier molecular flexibility index (Phi) is 5.06. The molecular weight excluding hydrogens is 414 g/mol. The molecule has 0 spiro atoms. The first-order valence-corrected chi connectivity index (χ1v) is 11.1. The number of anilines is 1. The van der Waals surface area contributed by atoms with Gasteiger partial charge >= 0.3 is 0 Å². The molecule has 1 aliphatic heterocycles. The molecule has 0 saturated carbocycles. The summed E-state index contributed by atoms with van der Waals surface area (Å²) in [5.74, 6) is 1.07. The lowest BCUT2D eigenvalue weighted by Gasteiger charge is -2.13. The Labute approximate surface area is 171 Å². The topological polar surface area (TPSA) is 146 Å². The lowest BCUT2D eigenvalue weighted by atomic mass is 10.1. The van der Waals surface area contributed by atoms with Gasteiger partial charge < -0.3 is 5.73 Å². The van der Waals surface area contributed by atoms with E-state index in [2.05, 4.69) is 24.8 Å². The van der Waals surface area contributed by atoms with Gasteiger partial charge in [0.1, 0.15) is 12.7 Å². The Hall–Kier alpha value is -2.83. The molecule has 0 bridgehead atoms. The number of rotatable bonds is 5. The molecule has 2 aromatic heterocycles. The van der Waals surface area contributed by atoms with Gasteiger partial charge in [-0.25, -0.2) is 23.4 Å². The van der Waals surface area contributed by atoms with Crippen LogP contribution in [-0.4, -0.2) is 50.1 Å². The van der Waals surface area contributed by atoms with E-state index in [1.54, 1.807) is 6.07 Å². The summed E-state index contributed by atoms with van der Waals surface area (Å²) >= 11 is 1.14. The van der Waals surface area contributed by atoms with Crippen LogP contribution in [-0.2, 0) is 14.8 Å². The van der Waals surface area contributed by atoms with Gasteiger partial charge in [-0.3, -0.25) is 4.79 Å². The predicted molar refractivity (Wildman–Crippen MR) is 108 cm³/mol. The van der Waals surface area contributed by atoms with E-state index in [0.29, 0.717) is 29.2 Å². The van der Waals surface area contributed by atoms with Crippen LogP contribution in [0.25, 0.3) is 17.1 Å². The van der Waals surface area contributed by atoms with Crippen molar-refractivity contribution in [2.75, 3.05) is 11.5 Å². The minimum absolute atomic E-state index is 0.0451. The minimum Gasteiger partial charge on any atom is -0.381 e. The van der Waals surface area contributed by atoms with Gasteiger partial charge in [0.25, 0.3) is 0 Å². The van der Waals surface area contributed by atoms with Crippen molar-refractivity contribution >= 4 is 32.7 Å². The molecule has 4 rings (SSSR count). The highest BCUT2D eigenvalue weighted by atomic mass is 32.2. The Bertz CT molecular complexity index is 1180. The number of hydrogen-bond acceptors (Lipinski definition) is 9. The van der Waals surface area contributed by atoms with E-state index in [1.807, 2.05) is 6.92 Å². The van der Waals surface area contributed by atoms with Gasteiger partial charge in [0.15, 0.2) is 11.6 Å². The number of benzene rings is 1. The first-order valence-electron chi connectivity index (χ1n) is 8.62. The monoisotopic (exact) mass is 431 g/mol. The smallest absolute Gasteiger partial charge is 0.241 e. The lowest BCUT2D eigenvalue weighted by Crippen LogP contribution is -2.37. The van der Waals surface area contributed by atoms with Gasteiger partial charge in [-0.15, -0.1) is 0 Å². The highest BCUT2D eigenvalue weighted by Gasteiger charge is 2.30. The molecule has 1 aromatic carbocycles. The van der Waals surface area contributed by atoms with Crippen LogP contribution in [0.15, 0.2) is 41.9 Å². The van der Waals surface area contributed by atoms with Crippen molar-refractivity contribution in [1.82, 2.24) is 29.5 Å². The molecule has 3 heterocycles. The van der Waals surface area contributed by atoms with E-state index >= 15 is 0 Å². The number of nitrogens with one attached hydrogen (secondary N) is 1. The van der Waals surface area contributed by atoms with E-state index in [4.69, 9.17) is 5.73 Å². The number of hydrogen-bond donors (Lipinski definition) is 2. The standard InChI is InChI=1S/C17H17N7O3S2/c1-10-2-3-11(29(26,27)23-13-4-5-28-17(13)25)6-12(10)14-7-20-15(18)16(22-14)24-9-19-8-21-24/h2-3,6-9,13,23H,4-5H2,1H3,(H2,18,20). The first-order chi connectivity index (χ1) is 13.8. The number of carbonyl (C=O) groups is 1. The average molecular weight is 432 g/mol. The number of thioether (sulfide) groups is 1. The molecule has 12 heteroatoms. The van der Waals surface area contributed by atoms with Crippen LogP contribution in [0, 0.1) is 6.92 Å². The van der Waals surface area contributed by atoms with Crippen LogP contribution in [0.2, 0.25) is 0 Å². The Morgan fingerprint density at radius 2 is 2.17 bits per heavy atom. The van der Waals surface area contributed by atoms with E-state index in [9.17, 15) is 13.2 Å². The third-order valence-electron chi connectivity index (χ3n) is 4.45. The van der Waals surface area contributed by atoms with Crippen LogP contribution in [0.5, 0.6) is 0 Å². The molecule has 29 heavy (non-hydrogen) atoms. The maximum absolute atomic E-state index is 12.8. The van der Waals surface area contributed by atoms with Crippen molar-refractivity contribution in [3.05, 3.63) is 42.6 Å². The number of nitrogens with two attached hydrogens (primary N) is 1. The molecule has 3 aromatic rings. The predicted octanol–water partition coefficient (Wildman–Crippen LogP) is 0.925. The zero-order chi connectivity index (χ0) is 20.6. The molecular formula is C17H17N7O3S2. The molecule has 3 N–H and O–H groups in total. The van der Waals surface area contributed by atoms with E-state index in [1.165, 1.54) is 35.7 Å². The molecule has 1 atom stereocenters. The highest BCUT2D eigenvalue weighted by Crippen LogP contribution is 2.27. The number of carbonyl (C=O) groups excluding carboxylic acids is 1. The maximum Gasteiger partial charge on any atom is 0.241 e. The number of nitrogen functional groups attached to an aromatic ring is 1. The van der Waals surface area contributed by atoms with Crippen LogP contribution in [0.3, 0.4) is 0 Å². The summed E-state index contributed by atoms with van der Waals surface area (Å²) in [6.45, 7) is 1.84. The molecule has 1 aliphatic rings. The van der Waals surface area contributed by atoms with E-state index < -0.39 is 16.1 Å². The summed E-state index contributed by atoms with van der Waals surface area (Å²) < 4.78 is 29.4. The summed E-state index contributed by atoms with van der Waals surface area (Å²) in [4.78, 5) is 24.4. The van der Waals surface area contributed by atoms with Gasteiger partial charge in [-0.05, 0) is 31.0 Å². The molecule has 1 saturated heterocycles. The molecule has 1 fully saturated rings. The van der Waals surface area contributed by atoms with Crippen molar-refractivity contribution in [3.8, 4) is 17.1 Å². The number of aromatic nitrogens is 5. The number of sulfonamides is 1. The molecule has 0 aliphatic carbocycles. The van der Waals surface area contributed by atoms with Crippen molar-refractivity contribution in [1.29, 1.82) is 0 Å². The summed E-state index contributed by atoms with van der Waals surface area (Å²) in [6.07, 6.45) is 4.74. The lowest BCUT2D eigenvalue weighted by molar-refractivity contribution is -0.111. The fourth-order valence-electron chi connectivity index (χ4n) is 2.91. The summed E-state index contributed by atoms with van der Waals surface area (Å²) in [7, 11) is -3.87. The second-order valence-corrected chi connectivity index (χ2v) is 9.22. The Balaban J connectivity index is 1.73. The third kappa shape index (κ3) is 3.86. The van der Waals surface area contributed by atoms with Crippen molar-refractivity contribution < 1.29 is 13.2 Å². The third-order valence-corrected chi connectivity index (χ3v) is 6.92. The summed E-state index contributed by atoms with van der Waals surface area (Å²) in [6, 6.07) is 3.99. The van der Waals surface area contributed by atoms with Gasteiger partial charge in [0.05, 0.1) is 22.8 Å². The summed E-state index contributed by atoms with van der Waals surface area (Å²) in [5.41, 5.74) is 7.72. The van der Waals surface area contributed by atoms with E-state index in [0.717, 1.165) is 17.3 Å². The van der Waals surface area contributed by atoms with Gasteiger partial charge in [0, 0.05) is 11.3 Å². The van der Waals surface area contributed by atoms with Crippen molar-refractivity contribution in [3.63, 3.8) is 0 Å². The van der Waals surface area contributed by atoms with Crippen LogP contribution in [0.4, 0.5) is 5.82 Å². The van der Waals surface area contributed by atoms with Crippen LogP contribution >= 0.6 is 11.8 Å². The van der Waals surface area contributed by atoms with Crippen molar-refractivity contribution in [2.24, 2.45) is 0 Å². The number of nitrogens with zero attached hydrogens (tertiary/aromatic N) is 5. The average Bonchev–Trinajstić information content (AvgIpc) is 3.35. The quantitative estimate of drug-likeness (QED) is 0.602. The minimum atomic E-state index is -3.87. The Morgan fingerprint density at radius 3 is 2.86 bits per heavy atom. The van der Waals surface area contributed by atoms with Crippen LogP contribution < -0.4 is 10.5 Å². The summed E-state index contributed by atoms with van der Waals surface area (Å²) in [5, 5.41) is 3.84. The molecule has 10 nitrogen and oxygen atoms in total. The van der Waals surface area contributed by atoms with E-state index in [-0.39, 0.29) is 15.8 Å².